The number of anilines is 3. The molecular formula is C27H25Br2N3O5. The van der Waals surface area contributed by atoms with Gasteiger partial charge in [0.25, 0.3) is 0 Å². The molecule has 0 fully saturated rings. The predicted octanol–water partition coefficient (Wildman–Crippen LogP) is 6.82. The van der Waals surface area contributed by atoms with Gasteiger partial charge in [0.1, 0.15) is 11.9 Å². The average molecular weight is 631 g/mol. The summed E-state index contributed by atoms with van der Waals surface area (Å²) in [5.41, 5.74) is 8.04. The Morgan fingerprint density at radius 1 is 1.03 bits per heavy atom. The van der Waals surface area contributed by atoms with Crippen molar-refractivity contribution >= 4 is 66.7 Å². The molecule has 0 radical (unpaired) electrons. The molecule has 8 nitrogen and oxygen atoms in total. The number of amides is 2. The van der Waals surface area contributed by atoms with Crippen molar-refractivity contribution in [2.45, 2.75) is 20.0 Å². The lowest BCUT2D eigenvalue weighted by Crippen LogP contribution is -2.22. The van der Waals surface area contributed by atoms with Gasteiger partial charge >= 0.3 is 6.09 Å². The molecule has 0 unspecified atom stereocenters. The number of hydrogen-bond donors (Lipinski definition) is 4. The van der Waals surface area contributed by atoms with E-state index in [1.165, 1.54) is 13.0 Å². The van der Waals surface area contributed by atoms with Crippen LogP contribution in [-0.2, 0) is 9.53 Å². The van der Waals surface area contributed by atoms with Crippen LogP contribution < -0.4 is 16.4 Å². The molecule has 3 aromatic rings. The highest BCUT2D eigenvalue weighted by atomic mass is 79.9. The van der Waals surface area contributed by atoms with Gasteiger partial charge < -0.3 is 20.9 Å². The van der Waals surface area contributed by atoms with E-state index in [-0.39, 0.29) is 11.5 Å². The first kappa shape index (κ1) is 27.9. The maximum absolute atomic E-state index is 12.8. The van der Waals surface area contributed by atoms with Crippen molar-refractivity contribution in [1.82, 2.24) is 0 Å². The smallest absolute Gasteiger partial charge is 0.412 e. The molecule has 0 bridgehead atoms. The minimum absolute atomic E-state index is 0.0931. The highest BCUT2D eigenvalue weighted by Gasteiger charge is 2.27. The van der Waals surface area contributed by atoms with Gasteiger partial charge in [0.15, 0.2) is 5.78 Å². The molecule has 2 atom stereocenters. The molecule has 0 aliphatic heterocycles. The quantitative estimate of drug-likeness (QED) is 0.123. The molecule has 5 N–H and O–H groups in total. The van der Waals surface area contributed by atoms with E-state index in [0.717, 1.165) is 0 Å². The zero-order valence-electron chi connectivity index (χ0n) is 20.0. The van der Waals surface area contributed by atoms with Crippen LogP contribution >= 0.6 is 31.9 Å². The number of nitrogens with two attached hydrogens (primary N) is 1. The van der Waals surface area contributed by atoms with E-state index in [1.807, 2.05) is 0 Å². The van der Waals surface area contributed by atoms with Gasteiger partial charge in [-0.3, -0.25) is 14.9 Å². The van der Waals surface area contributed by atoms with Crippen molar-refractivity contribution < 1.29 is 24.2 Å². The molecular weight excluding hydrogens is 606 g/mol. The number of nitrogen functional groups attached to an aromatic ring is 1. The van der Waals surface area contributed by atoms with Crippen LogP contribution in [0.2, 0.25) is 0 Å². The van der Waals surface area contributed by atoms with Gasteiger partial charge in [0.2, 0.25) is 5.91 Å². The van der Waals surface area contributed by atoms with Crippen LogP contribution in [0.5, 0.6) is 5.75 Å². The number of benzene rings is 3. The zero-order chi connectivity index (χ0) is 27.1. The van der Waals surface area contributed by atoms with Crippen LogP contribution in [0.1, 0.15) is 35.9 Å². The number of para-hydroxylation sites is 2. The monoisotopic (exact) mass is 629 g/mol. The summed E-state index contributed by atoms with van der Waals surface area (Å²) < 4.78 is 6.77. The van der Waals surface area contributed by atoms with Crippen molar-refractivity contribution in [3.05, 3.63) is 92.9 Å². The maximum Gasteiger partial charge on any atom is 0.412 e. The second-order valence-electron chi connectivity index (χ2n) is 8.20. The number of Topliss-reactive ketones (excluding diaryl/α,β-unsaturated/α-hetero) is 1. The summed E-state index contributed by atoms with van der Waals surface area (Å²) in [5, 5.41) is 16.0. The number of ether oxygens (including phenoxy) is 1. The fraction of sp³-hybridized carbons (Fsp3) is 0.148. The number of phenolic OH excluding ortho intramolecular Hbond substituents is 1. The highest BCUT2D eigenvalue weighted by molar-refractivity contribution is 9.11. The van der Waals surface area contributed by atoms with Crippen molar-refractivity contribution in [2.75, 3.05) is 16.4 Å². The Hall–Kier alpha value is -3.63. The van der Waals surface area contributed by atoms with Gasteiger partial charge in [0, 0.05) is 27.2 Å². The Labute approximate surface area is 231 Å². The van der Waals surface area contributed by atoms with Gasteiger partial charge in [-0.15, -0.1) is 0 Å². The van der Waals surface area contributed by atoms with Crippen LogP contribution in [0.15, 0.2) is 81.8 Å². The summed E-state index contributed by atoms with van der Waals surface area (Å²) in [7, 11) is 0. The summed E-state index contributed by atoms with van der Waals surface area (Å²) in [6.45, 7) is 3.20. The van der Waals surface area contributed by atoms with E-state index >= 15 is 0 Å². The minimum atomic E-state index is -0.962. The maximum atomic E-state index is 12.8. The summed E-state index contributed by atoms with van der Waals surface area (Å²) in [6.07, 6.45) is 1.15. The fourth-order valence-electron chi connectivity index (χ4n) is 3.43. The van der Waals surface area contributed by atoms with E-state index in [0.29, 0.717) is 37.1 Å². The number of rotatable bonds is 8. The molecule has 37 heavy (non-hydrogen) atoms. The summed E-state index contributed by atoms with van der Waals surface area (Å²) in [4.78, 5) is 36.8. The zero-order valence-corrected chi connectivity index (χ0v) is 23.2. The normalized spacial score (nSPS) is 12.5. The van der Waals surface area contributed by atoms with Gasteiger partial charge in [-0.05, 0) is 77.5 Å². The van der Waals surface area contributed by atoms with Crippen LogP contribution in [0.3, 0.4) is 0 Å². The van der Waals surface area contributed by atoms with Crippen LogP contribution in [0.4, 0.5) is 21.9 Å². The summed E-state index contributed by atoms with van der Waals surface area (Å²) in [6, 6.07) is 16.5. The molecule has 0 spiro atoms. The van der Waals surface area contributed by atoms with Gasteiger partial charge in [-0.25, -0.2) is 4.79 Å². The lowest BCUT2D eigenvalue weighted by molar-refractivity contribution is -0.111. The predicted molar refractivity (Wildman–Crippen MR) is 151 cm³/mol. The molecule has 192 valence electrons. The Morgan fingerprint density at radius 3 is 2.35 bits per heavy atom. The first-order valence-electron chi connectivity index (χ1n) is 11.2. The number of hydrogen-bond acceptors (Lipinski definition) is 6. The Balaban J connectivity index is 1.81. The molecule has 0 aliphatic carbocycles. The van der Waals surface area contributed by atoms with Crippen molar-refractivity contribution in [2.24, 2.45) is 5.92 Å². The SMILES string of the molecule is CC(=O)c1ccc(NC(=O)O[C@H](c2cc(Br)cc(Br)c2O)[C@H](C)/C=C/C(=O)Nc2ccccc2N)cc1. The first-order valence-corrected chi connectivity index (χ1v) is 12.7. The molecule has 0 heterocycles. The van der Waals surface area contributed by atoms with E-state index in [9.17, 15) is 19.5 Å². The second-order valence-corrected chi connectivity index (χ2v) is 9.97. The molecule has 0 aromatic heterocycles. The average Bonchev–Trinajstić information content (AvgIpc) is 2.85. The van der Waals surface area contributed by atoms with Crippen molar-refractivity contribution in [1.29, 1.82) is 0 Å². The summed E-state index contributed by atoms with van der Waals surface area (Å²) >= 11 is 6.69. The van der Waals surface area contributed by atoms with Crippen molar-refractivity contribution in [3.8, 4) is 5.75 Å². The molecule has 0 aliphatic rings. The third kappa shape index (κ3) is 7.68. The lowest BCUT2D eigenvalue weighted by Gasteiger charge is -2.24. The number of aromatic hydroxyl groups is 1. The van der Waals surface area contributed by atoms with Crippen LogP contribution in [0, 0.1) is 5.92 Å². The number of carbonyl (C=O) groups excluding carboxylic acids is 3. The second kappa shape index (κ2) is 12.6. The van der Waals surface area contributed by atoms with Crippen LogP contribution in [-0.4, -0.2) is 22.9 Å². The lowest BCUT2D eigenvalue weighted by atomic mass is 9.96. The van der Waals surface area contributed by atoms with Gasteiger partial charge in [0.05, 0.1) is 15.8 Å². The topological polar surface area (TPSA) is 131 Å². The van der Waals surface area contributed by atoms with Gasteiger partial charge in [-0.1, -0.05) is 41.1 Å². The molecule has 10 heteroatoms. The Kier molecular flexibility index (Phi) is 9.48. The third-order valence-corrected chi connectivity index (χ3v) is 6.45. The highest BCUT2D eigenvalue weighted by Crippen LogP contribution is 2.40. The van der Waals surface area contributed by atoms with E-state index in [4.69, 9.17) is 10.5 Å². The fourth-order valence-corrected chi connectivity index (χ4v) is 4.69. The largest absolute Gasteiger partial charge is 0.506 e. The van der Waals surface area contributed by atoms with Gasteiger partial charge in [-0.2, -0.15) is 0 Å². The standard InChI is InChI=1S/C27H25Br2N3O5/c1-15(7-12-24(34)32-23-6-4-3-5-22(23)30)26(20-13-18(28)14-21(29)25(20)35)37-27(36)31-19-10-8-17(9-11-19)16(2)33/h3-15,26,35H,30H2,1-2H3,(H,31,36)(H,32,34)/b12-7+/t15-,26+/m1/s1. The van der Waals surface area contributed by atoms with E-state index in [1.54, 1.807) is 73.7 Å². The molecule has 3 aromatic carbocycles. The van der Waals surface area contributed by atoms with E-state index < -0.39 is 24.0 Å². The van der Waals surface area contributed by atoms with E-state index in [2.05, 4.69) is 42.5 Å². The minimum Gasteiger partial charge on any atom is -0.506 e. The Bertz CT molecular complexity index is 1340. The molecule has 2 amide bonds. The molecule has 3 rings (SSSR count). The molecule has 0 saturated heterocycles. The summed E-state index contributed by atoms with van der Waals surface area (Å²) in [5.74, 6) is -1.15. The molecule has 0 saturated carbocycles. The number of ketones is 1. The number of phenols is 1. The third-order valence-electron chi connectivity index (χ3n) is 5.38. The number of carbonyl (C=O) groups is 3. The van der Waals surface area contributed by atoms with Crippen LogP contribution in [0.25, 0.3) is 0 Å². The number of halogens is 2. The number of nitrogens with one attached hydrogen (secondary N) is 2. The first-order chi connectivity index (χ1) is 17.5. The Morgan fingerprint density at radius 2 is 1.70 bits per heavy atom. The van der Waals surface area contributed by atoms with Crippen molar-refractivity contribution in [3.63, 3.8) is 0 Å².